The highest BCUT2D eigenvalue weighted by Gasteiger charge is 2.45. The van der Waals surface area contributed by atoms with Gasteiger partial charge in [-0.2, -0.15) is 0 Å². The Morgan fingerprint density at radius 3 is 2.24 bits per heavy atom. The van der Waals surface area contributed by atoms with Crippen molar-refractivity contribution in [1.29, 1.82) is 0 Å². The van der Waals surface area contributed by atoms with E-state index < -0.39 is 0 Å². The third-order valence-corrected chi connectivity index (χ3v) is 5.99. The maximum absolute atomic E-state index is 2.43. The molecule has 5 atom stereocenters. The lowest BCUT2D eigenvalue weighted by molar-refractivity contribution is 0.113. The molecule has 3 rings (SSSR count). The van der Waals surface area contributed by atoms with Crippen molar-refractivity contribution in [3.8, 4) is 0 Å². The summed E-state index contributed by atoms with van der Waals surface area (Å²) in [6.07, 6.45) is 12.5. The summed E-state index contributed by atoms with van der Waals surface area (Å²) in [5.74, 6) is 5.60. The SMILES string of the molecule is CC(C)(C)CC1CCC2C[C@H]3CCC[C@H]3CC21. The van der Waals surface area contributed by atoms with E-state index in [0.29, 0.717) is 5.41 Å². The fourth-order valence-corrected chi connectivity index (χ4v) is 5.43. The zero-order valence-electron chi connectivity index (χ0n) is 12.0. The third-order valence-electron chi connectivity index (χ3n) is 5.99. The van der Waals surface area contributed by atoms with Gasteiger partial charge in [0.2, 0.25) is 0 Å². The highest BCUT2D eigenvalue weighted by Crippen LogP contribution is 2.55. The molecule has 0 amide bonds. The summed E-state index contributed by atoms with van der Waals surface area (Å²) in [4.78, 5) is 0. The molecule has 0 heteroatoms. The van der Waals surface area contributed by atoms with Crippen molar-refractivity contribution in [2.24, 2.45) is 35.0 Å². The second kappa shape index (κ2) is 4.28. The first kappa shape index (κ1) is 12.1. The molecule has 3 saturated carbocycles. The van der Waals surface area contributed by atoms with Crippen LogP contribution in [0.1, 0.15) is 72.1 Å². The molecular formula is C17H30. The zero-order chi connectivity index (χ0) is 12.0. The van der Waals surface area contributed by atoms with Crippen LogP contribution in [0.25, 0.3) is 0 Å². The Labute approximate surface area is 108 Å². The van der Waals surface area contributed by atoms with Crippen LogP contribution in [0.5, 0.6) is 0 Å². The molecule has 17 heavy (non-hydrogen) atoms. The van der Waals surface area contributed by atoms with Crippen LogP contribution in [-0.4, -0.2) is 0 Å². The van der Waals surface area contributed by atoms with Crippen LogP contribution in [0.4, 0.5) is 0 Å². The van der Waals surface area contributed by atoms with E-state index in [2.05, 4.69) is 20.8 Å². The molecule has 0 spiro atoms. The lowest BCUT2D eigenvalue weighted by Gasteiger charge is -2.38. The Bertz CT molecular complexity index is 272. The molecule has 3 unspecified atom stereocenters. The van der Waals surface area contributed by atoms with E-state index in [1.807, 2.05) is 0 Å². The summed E-state index contributed by atoms with van der Waals surface area (Å²) in [6, 6.07) is 0. The first-order chi connectivity index (χ1) is 8.03. The van der Waals surface area contributed by atoms with Gasteiger partial charge in [-0.1, -0.05) is 40.0 Å². The van der Waals surface area contributed by atoms with Gasteiger partial charge in [0, 0.05) is 0 Å². The van der Waals surface area contributed by atoms with Crippen LogP contribution in [0, 0.1) is 35.0 Å². The second-order valence-corrected chi connectivity index (χ2v) is 8.45. The smallest absolute Gasteiger partial charge is 0.0354 e. The normalized spacial score (nSPS) is 45.7. The maximum atomic E-state index is 2.43. The van der Waals surface area contributed by atoms with Gasteiger partial charge in [-0.3, -0.25) is 0 Å². The summed E-state index contributed by atoms with van der Waals surface area (Å²) in [5, 5.41) is 0. The van der Waals surface area contributed by atoms with Crippen molar-refractivity contribution in [3.05, 3.63) is 0 Å². The molecule has 3 aliphatic carbocycles. The topological polar surface area (TPSA) is 0 Å². The summed E-state index contributed by atoms with van der Waals surface area (Å²) in [7, 11) is 0. The summed E-state index contributed by atoms with van der Waals surface area (Å²) in [5.41, 5.74) is 0.548. The van der Waals surface area contributed by atoms with Crippen LogP contribution in [-0.2, 0) is 0 Å². The summed E-state index contributed by atoms with van der Waals surface area (Å²) < 4.78 is 0. The summed E-state index contributed by atoms with van der Waals surface area (Å²) >= 11 is 0. The van der Waals surface area contributed by atoms with Gasteiger partial charge in [0.25, 0.3) is 0 Å². The maximum Gasteiger partial charge on any atom is -0.0354 e. The van der Waals surface area contributed by atoms with E-state index >= 15 is 0 Å². The van der Waals surface area contributed by atoms with Gasteiger partial charge >= 0.3 is 0 Å². The lowest BCUT2D eigenvalue weighted by Crippen LogP contribution is -2.30. The Balaban J connectivity index is 1.67. The minimum atomic E-state index is 0.548. The van der Waals surface area contributed by atoms with E-state index in [1.165, 1.54) is 6.42 Å². The van der Waals surface area contributed by atoms with E-state index in [9.17, 15) is 0 Å². The molecule has 0 aromatic carbocycles. The first-order valence-corrected chi connectivity index (χ1v) is 8.03. The molecule has 0 bridgehead atoms. The van der Waals surface area contributed by atoms with Crippen molar-refractivity contribution < 1.29 is 0 Å². The first-order valence-electron chi connectivity index (χ1n) is 8.03. The fourth-order valence-electron chi connectivity index (χ4n) is 5.43. The Hall–Kier alpha value is 0. The number of hydrogen-bond acceptors (Lipinski definition) is 0. The number of fused-ring (bicyclic) bond motifs is 2. The largest absolute Gasteiger partial charge is 0.0602 e. The second-order valence-electron chi connectivity index (χ2n) is 8.45. The lowest BCUT2D eigenvalue weighted by atomic mass is 9.67. The molecule has 0 nitrogen and oxygen atoms in total. The van der Waals surface area contributed by atoms with Crippen LogP contribution in [0.2, 0.25) is 0 Å². The summed E-state index contributed by atoms with van der Waals surface area (Å²) in [6.45, 7) is 7.30. The van der Waals surface area contributed by atoms with Gasteiger partial charge in [-0.25, -0.2) is 0 Å². The minimum absolute atomic E-state index is 0.548. The van der Waals surface area contributed by atoms with Crippen molar-refractivity contribution in [2.45, 2.75) is 72.1 Å². The minimum Gasteiger partial charge on any atom is -0.0602 e. The molecule has 3 aliphatic rings. The Morgan fingerprint density at radius 2 is 1.53 bits per heavy atom. The molecule has 0 saturated heterocycles. The zero-order valence-corrected chi connectivity index (χ0v) is 12.0. The third kappa shape index (κ3) is 2.42. The van der Waals surface area contributed by atoms with Gasteiger partial charge in [0.15, 0.2) is 0 Å². The highest BCUT2D eigenvalue weighted by atomic mass is 14.5. The number of rotatable bonds is 1. The molecule has 0 aromatic heterocycles. The molecule has 0 aromatic rings. The van der Waals surface area contributed by atoms with Crippen LogP contribution >= 0.6 is 0 Å². The molecular weight excluding hydrogens is 204 g/mol. The van der Waals surface area contributed by atoms with Gasteiger partial charge in [0.05, 0.1) is 0 Å². The van der Waals surface area contributed by atoms with Crippen molar-refractivity contribution in [1.82, 2.24) is 0 Å². The van der Waals surface area contributed by atoms with Crippen LogP contribution < -0.4 is 0 Å². The molecule has 98 valence electrons. The standard InChI is InChI=1S/C17H30/c1-17(2,3)11-15-8-7-14-9-12-5-4-6-13(12)10-16(14)15/h12-16H,4-11H2,1-3H3/t12-,13+,14?,15?,16?/m1/s1. The van der Waals surface area contributed by atoms with Gasteiger partial charge in [0.1, 0.15) is 0 Å². The molecule has 0 aliphatic heterocycles. The van der Waals surface area contributed by atoms with Gasteiger partial charge in [-0.05, 0) is 67.1 Å². The quantitative estimate of drug-likeness (QED) is 0.579. The Kier molecular flexibility index (Phi) is 3.04. The van der Waals surface area contributed by atoms with E-state index in [0.717, 1.165) is 29.6 Å². The predicted octanol–water partition coefficient (Wildman–Crippen LogP) is 5.28. The average Bonchev–Trinajstić information content (AvgIpc) is 2.80. The van der Waals surface area contributed by atoms with E-state index in [4.69, 9.17) is 0 Å². The van der Waals surface area contributed by atoms with Crippen molar-refractivity contribution in [3.63, 3.8) is 0 Å². The fraction of sp³-hybridized carbons (Fsp3) is 1.00. The van der Waals surface area contributed by atoms with Crippen LogP contribution in [0.15, 0.2) is 0 Å². The van der Waals surface area contributed by atoms with Gasteiger partial charge in [-0.15, -0.1) is 0 Å². The molecule has 0 radical (unpaired) electrons. The van der Waals surface area contributed by atoms with Crippen molar-refractivity contribution in [2.75, 3.05) is 0 Å². The monoisotopic (exact) mass is 234 g/mol. The molecule has 3 fully saturated rings. The van der Waals surface area contributed by atoms with E-state index in [1.54, 1.807) is 44.9 Å². The van der Waals surface area contributed by atoms with Crippen molar-refractivity contribution >= 4 is 0 Å². The van der Waals surface area contributed by atoms with E-state index in [-0.39, 0.29) is 0 Å². The highest BCUT2D eigenvalue weighted by molar-refractivity contribution is 4.96. The average molecular weight is 234 g/mol. The number of hydrogen-bond donors (Lipinski definition) is 0. The predicted molar refractivity (Wildman–Crippen MR) is 73.8 cm³/mol. The van der Waals surface area contributed by atoms with Crippen LogP contribution in [0.3, 0.4) is 0 Å². The molecule has 0 heterocycles. The molecule has 0 N–H and O–H groups in total. The van der Waals surface area contributed by atoms with Gasteiger partial charge < -0.3 is 0 Å². The Morgan fingerprint density at radius 1 is 0.824 bits per heavy atom.